The average Bonchev–Trinajstić information content (AvgIpc) is 2.42. The van der Waals surface area contributed by atoms with Crippen molar-refractivity contribution in [2.75, 3.05) is 7.05 Å². The van der Waals surface area contributed by atoms with Gasteiger partial charge >= 0.3 is 13.3 Å². The first-order chi connectivity index (χ1) is 8.46. The molecule has 19 heavy (non-hydrogen) atoms. The van der Waals surface area contributed by atoms with E-state index in [9.17, 15) is 13.2 Å². The van der Waals surface area contributed by atoms with Crippen LogP contribution in [0.5, 0.6) is 0 Å². The molecule has 1 heterocycles. The summed E-state index contributed by atoms with van der Waals surface area (Å²) in [5, 5.41) is 9.28. The molecule has 1 saturated heterocycles. The largest absolute Gasteiger partial charge is 0.498 e. The van der Waals surface area contributed by atoms with E-state index < -0.39 is 30.2 Å². The SMILES string of the molecule is CN/C(=C(\C=N)B1OC(C)(C)C(C)(C)O1)C(F)(F)F. The van der Waals surface area contributed by atoms with Gasteiger partial charge in [-0.1, -0.05) is 0 Å². The lowest BCUT2D eigenvalue weighted by Crippen LogP contribution is -2.41. The number of hydrogen-bond acceptors (Lipinski definition) is 4. The van der Waals surface area contributed by atoms with Crippen LogP contribution in [0.2, 0.25) is 0 Å². The van der Waals surface area contributed by atoms with Crippen molar-refractivity contribution < 1.29 is 22.5 Å². The van der Waals surface area contributed by atoms with Crippen LogP contribution >= 0.6 is 0 Å². The molecule has 1 rings (SSSR count). The van der Waals surface area contributed by atoms with Crippen molar-refractivity contribution in [1.82, 2.24) is 5.32 Å². The van der Waals surface area contributed by atoms with Gasteiger partial charge in [0.2, 0.25) is 0 Å². The van der Waals surface area contributed by atoms with Crippen LogP contribution in [-0.4, -0.2) is 37.8 Å². The highest BCUT2D eigenvalue weighted by Crippen LogP contribution is 2.39. The summed E-state index contributed by atoms with van der Waals surface area (Å²) in [5.74, 6) is 0. The summed E-state index contributed by atoms with van der Waals surface area (Å²) < 4.78 is 49.6. The van der Waals surface area contributed by atoms with Gasteiger partial charge in [0.1, 0.15) is 5.70 Å². The second-order valence-electron chi connectivity index (χ2n) is 5.31. The van der Waals surface area contributed by atoms with Crippen LogP contribution in [-0.2, 0) is 9.31 Å². The number of alkyl halides is 3. The van der Waals surface area contributed by atoms with Crippen LogP contribution in [0.4, 0.5) is 13.2 Å². The fraction of sp³-hybridized carbons (Fsp3) is 0.727. The molecule has 0 saturated carbocycles. The topological polar surface area (TPSA) is 54.3 Å². The molecule has 0 aliphatic carbocycles. The number of hydrogen-bond donors (Lipinski definition) is 2. The van der Waals surface area contributed by atoms with Crippen LogP contribution < -0.4 is 5.32 Å². The lowest BCUT2D eigenvalue weighted by molar-refractivity contribution is -0.0963. The van der Waals surface area contributed by atoms with E-state index >= 15 is 0 Å². The Bertz CT molecular complexity index is 389. The van der Waals surface area contributed by atoms with Gasteiger partial charge in [-0.15, -0.1) is 0 Å². The van der Waals surface area contributed by atoms with Gasteiger partial charge in [-0.25, -0.2) is 0 Å². The van der Waals surface area contributed by atoms with Crippen molar-refractivity contribution in [2.45, 2.75) is 45.1 Å². The third kappa shape index (κ3) is 2.95. The van der Waals surface area contributed by atoms with E-state index in [4.69, 9.17) is 14.7 Å². The lowest BCUT2D eigenvalue weighted by atomic mass is 9.77. The molecule has 4 nitrogen and oxygen atoms in total. The predicted molar refractivity (Wildman–Crippen MR) is 67.0 cm³/mol. The lowest BCUT2D eigenvalue weighted by Gasteiger charge is -2.32. The van der Waals surface area contributed by atoms with Crippen molar-refractivity contribution >= 4 is 13.3 Å². The van der Waals surface area contributed by atoms with E-state index in [2.05, 4.69) is 5.32 Å². The molecule has 0 aromatic rings. The molecule has 0 aromatic carbocycles. The average molecular weight is 278 g/mol. The fourth-order valence-corrected chi connectivity index (χ4v) is 1.68. The Morgan fingerprint density at radius 1 is 1.16 bits per heavy atom. The normalized spacial score (nSPS) is 23.1. The first-order valence-corrected chi connectivity index (χ1v) is 5.81. The van der Waals surface area contributed by atoms with E-state index in [1.54, 1.807) is 27.7 Å². The van der Waals surface area contributed by atoms with Crippen LogP contribution in [0.3, 0.4) is 0 Å². The number of nitrogens with one attached hydrogen (secondary N) is 2. The van der Waals surface area contributed by atoms with Crippen LogP contribution in [0.15, 0.2) is 11.2 Å². The van der Waals surface area contributed by atoms with Crippen LogP contribution in [0.25, 0.3) is 0 Å². The van der Waals surface area contributed by atoms with Crippen molar-refractivity contribution in [1.29, 1.82) is 5.41 Å². The number of allylic oxidation sites excluding steroid dienone is 2. The highest BCUT2D eigenvalue weighted by molar-refractivity contribution is 6.60. The number of halogens is 3. The standard InChI is InChI=1S/C11H18BF3N2O2/c1-9(2)10(3,4)19-12(18-9)7(6-16)8(17-5)11(13,14)15/h6,16-17H,1-5H3/b8-7+,16-6?. The molecular weight excluding hydrogens is 260 g/mol. The van der Waals surface area contributed by atoms with E-state index in [0.717, 1.165) is 7.05 Å². The maximum Gasteiger partial charge on any atom is 0.498 e. The fourth-order valence-electron chi connectivity index (χ4n) is 1.68. The van der Waals surface area contributed by atoms with Gasteiger partial charge in [0.05, 0.1) is 11.2 Å². The molecule has 2 N–H and O–H groups in total. The van der Waals surface area contributed by atoms with Gasteiger partial charge in [-0.3, -0.25) is 0 Å². The van der Waals surface area contributed by atoms with Crippen LogP contribution in [0, 0.1) is 5.41 Å². The van der Waals surface area contributed by atoms with E-state index in [1.807, 2.05) is 0 Å². The molecule has 0 bridgehead atoms. The van der Waals surface area contributed by atoms with Crippen molar-refractivity contribution in [3.63, 3.8) is 0 Å². The van der Waals surface area contributed by atoms with Crippen molar-refractivity contribution in [3.8, 4) is 0 Å². The Morgan fingerprint density at radius 2 is 1.58 bits per heavy atom. The molecule has 8 heteroatoms. The summed E-state index contributed by atoms with van der Waals surface area (Å²) in [5.41, 5.74) is -2.90. The van der Waals surface area contributed by atoms with Crippen molar-refractivity contribution in [2.24, 2.45) is 0 Å². The minimum absolute atomic E-state index is 0.367. The van der Waals surface area contributed by atoms with E-state index in [-0.39, 0.29) is 5.47 Å². The first-order valence-electron chi connectivity index (χ1n) is 5.81. The quantitative estimate of drug-likeness (QED) is 0.615. The van der Waals surface area contributed by atoms with E-state index in [0.29, 0.717) is 6.21 Å². The van der Waals surface area contributed by atoms with E-state index in [1.165, 1.54) is 0 Å². The Kier molecular flexibility index (Phi) is 4.08. The smallest absolute Gasteiger partial charge is 0.399 e. The van der Waals surface area contributed by atoms with Gasteiger partial charge in [0.25, 0.3) is 0 Å². The highest BCUT2D eigenvalue weighted by atomic mass is 19.4. The monoisotopic (exact) mass is 278 g/mol. The van der Waals surface area contributed by atoms with Gasteiger partial charge in [-0.05, 0) is 27.7 Å². The molecule has 0 atom stereocenters. The molecule has 1 fully saturated rings. The Balaban J connectivity index is 3.21. The van der Waals surface area contributed by atoms with Gasteiger partial charge in [0.15, 0.2) is 0 Å². The van der Waals surface area contributed by atoms with Gasteiger partial charge in [-0.2, -0.15) is 13.2 Å². The second-order valence-corrected chi connectivity index (χ2v) is 5.31. The molecule has 1 aliphatic heterocycles. The first kappa shape index (κ1) is 16.0. The molecule has 108 valence electrons. The van der Waals surface area contributed by atoms with Gasteiger partial charge < -0.3 is 20.0 Å². The molecule has 0 radical (unpaired) electrons. The minimum Gasteiger partial charge on any atom is -0.399 e. The zero-order valence-corrected chi connectivity index (χ0v) is 11.6. The van der Waals surface area contributed by atoms with Crippen LogP contribution in [0.1, 0.15) is 27.7 Å². The predicted octanol–water partition coefficient (Wildman–Crippen LogP) is 2.30. The zero-order valence-electron chi connectivity index (χ0n) is 11.6. The molecule has 0 unspecified atom stereocenters. The molecule has 0 aromatic heterocycles. The Morgan fingerprint density at radius 3 is 1.84 bits per heavy atom. The maximum absolute atomic E-state index is 12.9. The summed E-state index contributed by atoms with van der Waals surface area (Å²) in [6, 6.07) is 0. The maximum atomic E-state index is 12.9. The molecule has 1 aliphatic rings. The molecular formula is C11H18BF3N2O2. The summed E-state index contributed by atoms with van der Waals surface area (Å²) in [6.45, 7) is 6.95. The second kappa shape index (κ2) is 4.83. The third-order valence-corrected chi connectivity index (χ3v) is 3.48. The Hall–Kier alpha value is -1.02. The third-order valence-electron chi connectivity index (χ3n) is 3.48. The Labute approximate surface area is 111 Å². The summed E-state index contributed by atoms with van der Waals surface area (Å²) >= 11 is 0. The zero-order chi connectivity index (χ0) is 15.1. The summed E-state index contributed by atoms with van der Waals surface area (Å²) in [6.07, 6.45) is -3.98. The number of rotatable bonds is 3. The van der Waals surface area contributed by atoms with Gasteiger partial charge in [0, 0.05) is 18.7 Å². The minimum atomic E-state index is -4.59. The summed E-state index contributed by atoms with van der Waals surface area (Å²) in [7, 11) is -0.0658. The summed E-state index contributed by atoms with van der Waals surface area (Å²) in [4.78, 5) is 0. The molecule has 0 spiro atoms. The molecule has 0 amide bonds. The van der Waals surface area contributed by atoms with Crippen molar-refractivity contribution in [3.05, 3.63) is 11.2 Å². The highest BCUT2D eigenvalue weighted by Gasteiger charge is 2.54.